The van der Waals surface area contributed by atoms with E-state index in [1.807, 2.05) is 5.32 Å². The van der Waals surface area contributed by atoms with Crippen LogP contribution in [0.1, 0.15) is 11.7 Å². The van der Waals surface area contributed by atoms with Crippen LogP contribution in [0.5, 0.6) is 5.75 Å². The lowest BCUT2D eigenvalue weighted by Gasteiger charge is -2.18. The van der Waals surface area contributed by atoms with Crippen LogP contribution < -0.4 is 10.1 Å². The first kappa shape index (κ1) is 16.4. The number of nitriles is 1. The lowest BCUT2D eigenvalue weighted by atomic mass is 10.1. The smallest absolute Gasteiger partial charge is 0.278 e. The molecule has 0 aliphatic heterocycles. The highest BCUT2D eigenvalue weighted by molar-refractivity contribution is 6.35. The number of carbonyl (C=O) groups is 1. The number of amides is 1. The van der Waals surface area contributed by atoms with E-state index in [-0.39, 0.29) is 10.8 Å². The Morgan fingerprint density at radius 3 is 2.32 bits per heavy atom. The van der Waals surface area contributed by atoms with Gasteiger partial charge < -0.3 is 4.74 Å². The molecule has 1 amide bonds. The van der Waals surface area contributed by atoms with Crippen molar-refractivity contribution < 1.29 is 9.53 Å². The molecule has 0 heterocycles. The van der Waals surface area contributed by atoms with Crippen LogP contribution in [-0.4, -0.2) is 5.91 Å². The van der Waals surface area contributed by atoms with Crippen molar-refractivity contribution in [2.45, 2.75) is 6.10 Å². The molecular weight excluding hydrogens is 347 g/mol. The summed E-state index contributed by atoms with van der Waals surface area (Å²) in [6.07, 6.45) is 0.533. The minimum atomic E-state index is -1.05. The number of rotatable bonds is 4. The minimum absolute atomic E-state index is 0.260. The van der Waals surface area contributed by atoms with Crippen molar-refractivity contribution in [1.29, 1.82) is 5.26 Å². The molecule has 0 fully saturated rings. The summed E-state index contributed by atoms with van der Waals surface area (Å²) < 4.78 is 5.64. The van der Waals surface area contributed by atoms with Gasteiger partial charge in [-0.2, -0.15) is 5.26 Å². The van der Waals surface area contributed by atoms with Crippen LogP contribution in [-0.2, 0) is 4.79 Å². The van der Waals surface area contributed by atoms with Gasteiger partial charge in [0.15, 0.2) is 6.19 Å². The topological polar surface area (TPSA) is 62.1 Å². The van der Waals surface area contributed by atoms with Crippen molar-refractivity contribution in [3.63, 3.8) is 0 Å². The first-order chi connectivity index (χ1) is 10.5. The summed E-state index contributed by atoms with van der Waals surface area (Å²) in [5, 5.41) is 11.9. The van der Waals surface area contributed by atoms with E-state index in [0.717, 1.165) is 0 Å². The fourth-order valence-corrected chi connectivity index (χ4v) is 2.31. The Kier molecular flexibility index (Phi) is 5.51. The van der Waals surface area contributed by atoms with Gasteiger partial charge in [-0.15, -0.1) is 0 Å². The van der Waals surface area contributed by atoms with Gasteiger partial charge >= 0.3 is 0 Å². The van der Waals surface area contributed by atoms with Crippen LogP contribution in [0.2, 0.25) is 15.1 Å². The third-order valence-electron chi connectivity index (χ3n) is 2.73. The molecular formula is C15H9Cl3N2O2. The van der Waals surface area contributed by atoms with Gasteiger partial charge in [0.05, 0.1) is 5.02 Å². The maximum Gasteiger partial charge on any atom is 0.278 e. The molecule has 1 unspecified atom stereocenters. The Morgan fingerprint density at radius 1 is 1.09 bits per heavy atom. The molecule has 0 aliphatic carbocycles. The van der Waals surface area contributed by atoms with E-state index in [0.29, 0.717) is 15.6 Å². The molecule has 4 nitrogen and oxygen atoms in total. The Hall–Kier alpha value is -1.93. The van der Waals surface area contributed by atoms with Crippen molar-refractivity contribution >= 4 is 40.7 Å². The summed E-state index contributed by atoms with van der Waals surface area (Å²) in [4.78, 5) is 12.1. The lowest BCUT2D eigenvalue weighted by Crippen LogP contribution is -2.29. The van der Waals surface area contributed by atoms with Crippen LogP contribution >= 0.6 is 34.8 Å². The third-order valence-corrected chi connectivity index (χ3v) is 3.51. The maximum atomic E-state index is 12.1. The second kappa shape index (κ2) is 7.37. The summed E-state index contributed by atoms with van der Waals surface area (Å²) >= 11 is 17.7. The lowest BCUT2D eigenvalue weighted by molar-refractivity contribution is -0.127. The molecule has 0 aromatic heterocycles. The van der Waals surface area contributed by atoms with Crippen molar-refractivity contribution in [3.05, 3.63) is 63.1 Å². The van der Waals surface area contributed by atoms with Crippen molar-refractivity contribution in [1.82, 2.24) is 5.32 Å². The number of hydrogen-bond acceptors (Lipinski definition) is 3. The summed E-state index contributed by atoms with van der Waals surface area (Å²) in [6, 6.07) is 11.1. The quantitative estimate of drug-likeness (QED) is 0.654. The van der Waals surface area contributed by atoms with Crippen LogP contribution in [0, 0.1) is 11.5 Å². The molecule has 0 aliphatic rings. The largest absolute Gasteiger partial charge is 0.474 e. The molecule has 1 N–H and O–H groups in total. The second-order valence-corrected chi connectivity index (χ2v) is 5.51. The number of carbonyl (C=O) groups excluding carboxylic acids is 1. The van der Waals surface area contributed by atoms with E-state index in [2.05, 4.69) is 0 Å². The SMILES string of the molecule is N#CNC(=O)C(Oc1ccc(Cl)cc1Cl)c1ccc(Cl)cc1. The molecule has 0 saturated heterocycles. The number of nitrogens with zero attached hydrogens (tertiary/aromatic N) is 1. The average Bonchev–Trinajstić information content (AvgIpc) is 2.48. The Bertz CT molecular complexity index is 727. The van der Waals surface area contributed by atoms with Crippen LogP contribution in [0.4, 0.5) is 0 Å². The third kappa shape index (κ3) is 4.05. The van der Waals surface area contributed by atoms with Crippen molar-refractivity contribution in [2.24, 2.45) is 0 Å². The summed E-state index contributed by atoms with van der Waals surface area (Å²) in [7, 11) is 0. The molecule has 1 atom stereocenters. The molecule has 7 heteroatoms. The van der Waals surface area contributed by atoms with E-state index >= 15 is 0 Å². The van der Waals surface area contributed by atoms with Gasteiger partial charge in [-0.1, -0.05) is 46.9 Å². The van der Waals surface area contributed by atoms with Gasteiger partial charge in [0, 0.05) is 15.6 Å². The molecule has 0 saturated carbocycles. The fourth-order valence-electron chi connectivity index (χ4n) is 1.73. The molecule has 0 bridgehead atoms. The van der Waals surface area contributed by atoms with E-state index in [1.54, 1.807) is 42.6 Å². The predicted molar refractivity (Wildman–Crippen MR) is 85.0 cm³/mol. The minimum Gasteiger partial charge on any atom is -0.474 e. The van der Waals surface area contributed by atoms with E-state index in [9.17, 15) is 4.79 Å². The zero-order valence-electron chi connectivity index (χ0n) is 11.0. The fraction of sp³-hybridized carbons (Fsp3) is 0.0667. The van der Waals surface area contributed by atoms with Gasteiger partial charge in [-0.25, -0.2) is 0 Å². The summed E-state index contributed by atoms with van der Waals surface area (Å²) in [6.45, 7) is 0. The highest BCUT2D eigenvalue weighted by Crippen LogP contribution is 2.31. The summed E-state index contributed by atoms with van der Waals surface area (Å²) in [5.41, 5.74) is 0.531. The zero-order valence-corrected chi connectivity index (χ0v) is 13.3. The zero-order chi connectivity index (χ0) is 16.1. The Labute approximate surface area is 142 Å². The molecule has 0 radical (unpaired) electrons. The van der Waals surface area contributed by atoms with Gasteiger partial charge in [-0.3, -0.25) is 10.1 Å². The van der Waals surface area contributed by atoms with Crippen LogP contribution in [0.15, 0.2) is 42.5 Å². The van der Waals surface area contributed by atoms with Crippen molar-refractivity contribution in [3.8, 4) is 11.9 Å². The molecule has 22 heavy (non-hydrogen) atoms. The van der Waals surface area contributed by atoms with Gasteiger partial charge in [0.2, 0.25) is 6.10 Å². The Balaban J connectivity index is 2.34. The Morgan fingerprint density at radius 2 is 1.73 bits per heavy atom. The maximum absolute atomic E-state index is 12.1. The molecule has 0 spiro atoms. The molecule has 112 valence electrons. The normalized spacial score (nSPS) is 11.4. The summed E-state index contributed by atoms with van der Waals surface area (Å²) in [5.74, 6) is -0.338. The standard InChI is InChI=1S/C15H9Cl3N2O2/c16-10-3-1-9(2-4-10)14(15(21)20-8-19)22-13-6-5-11(17)7-12(13)18/h1-7,14H,(H,20,21). The van der Waals surface area contributed by atoms with E-state index in [1.165, 1.54) is 6.07 Å². The number of benzene rings is 2. The van der Waals surface area contributed by atoms with E-state index < -0.39 is 12.0 Å². The first-order valence-corrected chi connectivity index (χ1v) is 7.21. The number of ether oxygens (including phenoxy) is 1. The van der Waals surface area contributed by atoms with Gasteiger partial charge in [-0.05, 0) is 30.3 Å². The van der Waals surface area contributed by atoms with Crippen LogP contribution in [0.25, 0.3) is 0 Å². The highest BCUT2D eigenvalue weighted by Gasteiger charge is 2.23. The molecule has 2 rings (SSSR count). The van der Waals surface area contributed by atoms with Gasteiger partial charge in [0.25, 0.3) is 5.91 Å². The molecule has 2 aromatic rings. The highest BCUT2D eigenvalue weighted by atomic mass is 35.5. The predicted octanol–water partition coefficient (Wildman–Crippen LogP) is 4.36. The van der Waals surface area contributed by atoms with Crippen molar-refractivity contribution in [2.75, 3.05) is 0 Å². The number of nitrogens with one attached hydrogen (secondary N) is 1. The second-order valence-electron chi connectivity index (χ2n) is 4.23. The monoisotopic (exact) mass is 354 g/mol. The average molecular weight is 356 g/mol. The number of halogens is 3. The first-order valence-electron chi connectivity index (χ1n) is 6.07. The van der Waals surface area contributed by atoms with Crippen LogP contribution in [0.3, 0.4) is 0 Å². The molecule has 2 aromatic carbocycles. The van der Waals surface area contributed by atoms with Gasteiger partial charge in [0.1, 0.15) is 5.75 Å². The number of hydrogen-bond donors (Lipinski definition) is 1. The van der Waals surface area contributed by atoms with E-state index in [4.69, 9.17) is 44.8 Å².